The van der Waals surface area contributed by atoms with Crippen LogP contribution < -0.4 is 10.6 Å². The van der Waals surface area contributed by atoms with Crippen LogP contribution >= 0.6 is 0 Å². The highest BCUT2D eigenvalue weighted by atomic mass is 16.6. The topological polar surface area (TPSA) is 85.2 Å². The number of hydrogen-bond acceptors (Lipinski definition) is 5. The number of hydrogen-bond donors (Lipinski definition) is 1. The lowest BCUT2D eigenvalue weighted by molar-refractivity contribution is -0.116. The quantitative estimate of drug-likeness (QED) is 0.840. The summed E-state index contributed by atoms with van der Waals surface area (Å²) in [4.78, 5) is 13.5. The Hall–Kier alpha value is -2.37. The van der Waals surface area contributed by atoms with E-state index in [9.17, 15) is 4.79 Å². The predicted molar refractivity (Wildman–Crippen MR) is 70.5 cm³/mol. The first-order chi connectivity index (χ1) is 9.08. The molecule has 1 unspecified atom stereocenters. The summed E-state index contributed by atoms with van der Waals surface area (Å²) in [6.07, 6.45) is 0.827. The van der Waals surface area contributed by atoms with Gasteiger partial charge in [-0.25, -0.2) is 4.63 Å². The molecule has 6 heteroatoms. The second-order valence-electron chi connectivity index (χ2n) is 4.78. The first-order valence-electron chi connectivity index (χ1n) is 6.09. The number of nitrogen functional groups attached to an aromatic ring is 1. The van der Waals surface area contributed by atoms with Gasteiger partial charge in [0.2, 0.25) is 5.91 Å². The highest BCUT2D eigenvalue weighted by molar-refractivity contribution is 5.95. The number of fused-ring (bicyclic) bond motifs is 1. The zero-order chi connectivity index (χ0) is 13.6. The van der Waals surface area contributed by atoms with Crippen LogP contribution in [0, 0.1) is 0 Å². The van der Waals surface area contributed by atoms with E-state index in [4.69, 9.17) is 5.73 Å². The van der Waals surface area contributed by atoms with Gasteiger partial charge in [0.1, 0.15) is 0 Å². The van der Waals surface area contributed by atoms with E-state index < -0.39 is 0 Å². The molecule has 0 saturated heterocycles. The van der Waals surface area contributed by atoms with Crippen molar-refractivity contribution in [3.63, 3.8) is 0 Å². The molecule has 6 nitrogen and oxygen atoms in total. The van der Waals surface area contributed by atoms with E-state index in [-0.39, 0.29) is 17.8 Å². The SMILES string of the molecule is CC(=O)N1c2ccc(-c3nonc3N)cc2CC1C. The summed E-state index contributed by atoms with van der Waals surface area (Å²) in [5, 5.41) is 7.36. The Balaban J connectivity index is 2.06. The Morgan fingerprint density at radius 2 is 2.26 bits per heavy atom. The normalized spacial score (nSPS) is 17.6. The van der Waals surface area contributed by atoms with E-state index in [1.165, 1.54) is 0 Å². The van der Waals surface area contributed by atoms with E-state index in [1.54, 1.807) is 6.92 Å². The van der Waals surface area contributed by atoms with Gasteiger partial charge in [-0.15, -0.1) is 0 Å². The molecule has 0 saturated carbocycles. The molecule has 0 fully saturated rings. The van der Waals surface area contributed by atoms with Crippen LogP contribution in [0.1, 0.15) is 19.4 Å². The van der Waals surface area contributed by atoms with Gasteiger partial charge in [-0.3, -0.25) is 4.79 Å². The summed E-state index contributed by atoms with van der Waals surface area (Å²) in [5.74, 6) is 0.330. The van der Waals surface area contributed by atoms with E-state index in [2.05, 4.69) is 14.9 Å². The summed E-state index contributed by atoms with van der Waals surface area (Å²) >= 11 is 0. The summed E-state index contributed by atoms with van der Waals surface area (Å²) in [7, 11) is 0. The minimum Gasteiger partial charge on any atom is -0.379 e. The Labute approximate surface area is 110 Å². The standard InChI is InChI=1S/C13H14N4O2/c1-7-5-10-6-9(12-13(14)16-19-15-12)3-4-11(10)17(7)8(2)18/h3-4,6-7H,5H2,1-2H3,(H2,14,16). The zero-order valence-electron chi connectivity index (χ0n) is 10.8. The van der Waals surface area contributed by atoms with Gasteiger partial charge in [-0.1, -0.05) is 6.07 Å². The molecule has 2 aromatic rings. The van der Waals surface area contributed by atoms with E-state index in [0.29, 0.717) is 5.69 Å². The second-order valence-corrected chi connectivity index (χ2v) is 4.78. The lowest BCUT2D eigenvalue weighted by atomic mass is 10.0. The molecule has 1 aromatic carbocycles. The van der Waals surface area contributed by atoms with Crippen LogP contribution in [0.15, 0.2) is 22.8 Å². The Bertz CT molecular complexity index is 650. The van der Waals surface area contributed by atoms with Crippen molar-refractivity contribution in [3.05, 3.63) is 23.8 Å². The summed E-state index contributed by atoms with van der Waals surface area (Å²) in [6, 6.07) is 5.97. The number of nitrogens with two attached hydrogens (primary N) is 1. The molecule has 0 radical (unpaired) electrons. The van der Waals surface area contributed by atoms with Crippen molar-refractivity contribution < 1.29 is 9.42 Å². The molecular formula is C13H14N4O2. The van der Waals surface area contributed by atoms with Crippen LogP contribution in [0.5, 0.6) is 0 Å². The monoisotopic (exact) mass is 258 g/mol. The summed E-state index contributed by atoms with van der Waals surface area (Å²) in [5.41, 5.74) is 9.15. The van der Waals surface area contributed by atoms with Gasteiger partial charge in [0.15, 0.2) is 11.5 Å². The van der Waals surface area contributed by atoms with Crippen LogP contribution in [0.2, 0.25) is 0 Å². The van der Waals surface area contributed by atoms with Crippen LogP contribution in [0.25, 0.3) is 11.3 Å². The smallest absolute Gasteiger partial charge is 0.224 e. The van der Waals surface area contributed by atoms with Gasteiger partial charge < -0.3 is 10.6 Å². The van der Waals surface area contributed by atoms with Crippen molar-refractivity contribution in [1.82, 2.24) is 10.3 Å². The first kappa shape index (κ1) is 11.7. The van der Waals surface area contributed by atoms with Gasteiger partial charge in [0, 0.05) is 24.2 Å². The minimum absolute atomic E-state index is 0.0571. The Morgan fingerprint density at radius 3 is 2.89 bits per heavy atom. The third kappa shape index (κ3) is 1.76. The van der Waals surface area contributed by atoms with E-state index in [1.807, 2.05) is 30.0 Å². The van der Waals surface area contributed by atoms with E-state index >= 15 is 0 Å². The number of amides is 1. The molecule has 1 aromatic heterocycles. The van der Waals surface area contributed by atoms with Crippen molar-refractivity contribution in [2.24, 2.45) is 0 Å². The van der Waals surface area contributed by atoms with Crippen molar-refractivity contribution in [1.29, 1.82) is 0 Å². The molecule has 98 valence electrons. The molecule has 0 spiro atoms. The maximum atomic E-state index is 11.7. The molecule has 1 amide bonds. The van der Waals surface area contributed by atoms with Crippen molar-refractivity contribution in [3.8, 4) is 11.3 Å². The first-order valence-corrected chi connectivity index (χ1v) is 6.09. The largest absolute Gasteiger partial charge is 0.379 e. The fraction of sp³-hybridized carbons (Fsp3) is 0.308. The lowest BCUT2D eigenvalue weighted by Gasteiger charge is -2.20. The van der Waals surface area contributed by atoms with Crippen molar-refractivity contribution >= 4 is 17.4 Å². The van der Waals surface area contributed by atoms with Crippen molar-refractivity contribution in [2.75, 3.05) is 10.6 Å². The Morgan fingerprint density at radius 1 is 1.47 bits per heavy atom. The number of anilines is 2. The van der Waals surface area contributed by atoms with Gasteiger partial charge in [0.25, 0.3) is 0 Å². The highest BCUT2D eigenvalue weighted by Crippen LogP contribution is 2.35. The third-order valence-electron chi connectivity index (χ3n) is 3.42. The minimum atomic E-state index is 0.0571. The molecule has 1 aliphatic heterocycles. The third-order valence-corrected chi connectivity index (χ3v) is 3.42. The highest BCUT2D eigenvalue weighted by Gasteiger charge is 2.29. The molecule has 3 rings (SSSR count). The van der Waals surface area contributed by atoms with Crippen LogP contribution in [-0.2, 0) is 11.2 Å². The molecule has 1 atom stereocenters. The predicted octanol–water partition coefficient (Wildman–Crippen LogP) is 1.62. The van der Waals surface area contributed by atoms with Crippen LogP contribution in [0.4, 0.5) is 11.5 Å². The number of benzene rings is 1. The molecule has 1 aliphatic rings. The van der Waals surface area contributed by atoms with Gasteiger partial charge >= 0.3 is 0 Å². The van der Waals surface area contributed by atoms with Gasteiger partial charge in [0.05, 0.1) is 0 Å². The fourth-order valence-corrected chi connectivity index (χ4v) is 2.65. The van der Waals surface area contributed by atoms with Gasteiger partial charge in [-0.2, -0.15) is 0 Å². The number of rotatable bonds is 1. The summed E-state index contributed by atoms with van der Waals surface area (Å²) in [6.45, 7) is 3.62. The molecule has 19 heavy (non-hydrogen) atoms. The van der Waals surface area contributed by atoms with Crippen LogP contribution in [0.3, 0.4) is 0 Å². The average molecular weight is 258 g/mol. The van der Waals surface area contributed by atoms with Gasteiger partial charge in [-0.05, 0) is 41.4 Å². The maximum Gasteiger partial charge on any atom is 0.224 e. The average Bonchev–Trinajstić information content (AvgIpc) is 2.90. The van der Waals surface area contributed by atoms with E-state index in [0.717, 1.165) is 23.2 Å². The van der Waals surface area contributed by atoms with Crippen LogP contribution in [-0.4, -0.2) is 22.3 Å². The summed E-state index contributed by atoms with van der Waals surface area (Å²) < 4.78 is 4.61. The molecule has 2 N–H and O–H groups in total. The maximum absolute atomic E-state index is 11.7. The molecule has 2 heterocycles. The zero-order valence-corrected chi connectivity index (χ0v) is 10.8. The molecule has 0 bridgehead atoms. The second kappa shape index (κ2) is 4.08. The number of nitrogens with zero attached hydrogens (tertiary/aromatic N) is 3. The number of carbonyl (C=O) groups excluding carboxylic acids is 1. The molecular weight excluding hydrogens is 244 g/mol. The fourth-order valence-electron chi connectivity index (χ4n) is 2.65. The van der Waals surface area contributed by atoms with Crippen molar-refractivity contribution in [2.45, 2.75) is 26.3 Å². The Kier molecular flexibility index (Phi) is 2.51. The lowest BCUT2D eigenvalue weighted by Crippen LogP contribution is -2.33. The number of carbonyl (C=O) groups is 1. The molecule has 0 aliphatic carbocycles. The number of aromatic nitrogens is 2.